The van der Waals surface area contributed by atoms with Crippen LogP contribution < -0.4 is 11.2 Å². The van der Waals surface area contributed by atoms with Crippen LogP contribution in [0.3, 0.4) is 0 Å². The number of aromatic nitrogens is 2. The Kier molecular flexibility index (Phi) is 4.21. The zero-order chi connectivity index (χ0) is 17.8. The highest BCUT2D eigenvalue weighted by atomic mass is 32.2. The molecule has 9 heteroatoms. The SMILES string of the molecule is CN(C)[C@H]1CN(S(=O)(=O)c2cn(C)c(=O)n(C)c2=O)C[C@@H]1C1CC1. The Morgan fingerprint density at radius 1 is 1.12 bits per heavy atom. The van der Waals surface area contributed by atoms with E-state index in [0.29, 0.717) is 24.9 Å². The average molecular weight is 356 g/mol. The second-order valence-corrected chi connectivity index (χ2v) is 9.01. The van der Waals surface area contributed by atoms with E-state index >= 15 is 0 Å². The second-order valence-electron chi connectivity index (χ2n) is 7.11. The molecule has 134 valence electrons. The Morgan fingerprint density at radius 3 is 2.29 bits per heavy atom. The molecule has 1 saturated carbocycles. The molecule has 1 aromatic heterocycles. The van der Waals surface area contributed by atoms with Crippen LogP contribution in [0.4, 0.5) is 0 Å². The van der Waals surface area contributed by atoms with Gasteiger partial charge in [0.2, 0.25) is 10.0 Å². The van der Waals surface area contributed by atoms with Gasteiger partial charge in [0.05, 0.1) is 0 Å². The van der Waals surface area contributed by atoms with Crippen LogP contribution in [-0.2, 0) is 24.1 Å². The van der Waals surface area contributed by atoms with E-state index in [9.17, 15) is 18.0 Å². The van der Waals surface area contributed by atoms with Crippen LogP contribution in [0, 0.1) is 11.8 Å². The van der Waals surface area contributed by atoms with E-state index < -0.39 is 21.3 Å². The minimum Gasteiger partial charge on any atom is -0.305 e. The van der Waals surface area contributed by atoms with Crippen molar-refractivity contribution in [2.75, 3.05) is 27.2 Å². The van der Waals surface area contributed by atoms with Gasteiger partial charge in [0.1, 0.15) is 0 Å². The molecule has 24 heavy (non-hydrogen) atoms. The van der Waals surface area contributed by atoms with E-state index in [0.717, 1.165) is 28.2 Å². The van der Waals surface area contributed by atoms with E-state index in [-0.39, 0.29) is 10.9 Å². The summed E-state index contributed by atoms with van der Waals surface area (Å²) in [4.78, 5) is 25.8. The van der Waals surface area contributed by atoms with Crippen molar-refractivity contribution >= 4 is 10.0 Å². The summed E-state index contributed by atoms with van der Waals surface area (Å²) < 4.78 is 29.4. The third kappa shape index (κ3) is 2.74. The molecule has 2 heterocycles. The Balaban J connectivity index is 2.00. The fourth-order valence-electron chi connectivity index (χ4n) is 3.60. The fourth-order valence-corrected chi connectivity index (χ4v) is 5.24. The van der Waals surface area contributed by atoms with E-state index in [1.807, 2.05) is 14.1 Å². The number of sulfonamides is 1. The molecule has 0 aromatic carbocycles. The second kappa shape index (κ2) is 5.82. The molecule has 2 aliphatic rings. The third-order valence-corrected chi connectivity index (χ3v) is 7.04. The zero-order valence-corrected chi connectivity index (χ0v) is 15.3. The summed E-state index contributed by atoms with van der Waals surface area (Å²) in [5.74, 6) is 0.867. The van der Waals surface area contributed by atoms with Gasteiger partial charge in [-0.25, -0.2) is 13.2 Å². The molecule has 1 saturated heterocycles. The molecular weight excluding hydrogens is 332 g/mol. The molecule has 1 aromatic rings. The lowest BCUT2D eigenvalue weighted by molar-refractivity contribution is 0.237. The summed E-state index contributed by atoms with van der Waals surface area (Å²) in [5.41, 5.74) is -1.31. The van der Waals surface area contributed by atoms with Crippen LogP contribution in [0.2, 0.25) is 0 Å². The lowest BCUT2D eigenvalue weighted by atomic mass is 9.97. The van der Waals surface area contributed by atoms with E-state index in [1.54, 1.807) is 0 Å². The Bertz CT molecular complexity index is 856. The van der Waals surface area contributed by atoms with Crippen LogP contribution >= 0.6 is 0 Å². The van der Waals surface area contributed by atoms with Crippen molar-refractivity contribution in [3.63, 3.8) is 0 Å². The summed E-state index contributed by atoms with van der Waals surface area (Å²) >= 11 is 0. The van der Waals surface area contributed by atoms with Gasteiger partial charge in [0.15, 0.2) is 4.90 Å². The van der Waals surface area contributed by atoms with Gasteiger partial charge >= 0.3 is 5.69 Å². The lowest BCUT2D eigenvalue weighted by Gasteiger charge is -2.24. The molecule has 0 unspecified atom stereocenters. The Morgan fingerprint density at radius 2 is 1.75 bits per heavy atom. The molecule has 0 bridgehead atoms. The van der Waals surface area contributed by atoms with Crippen molar-refractivity contribution in [1.82, 2.24) is 18.3 Å². The van der Waals surface area contributed by atoms with Crippen LogP contribution in [0.25, 0.3) is 0 Å². The quantitative estimate of drug-likeness (QED) is 0.694. The van der Waals surface area contributed by atoms with Gasteiger partial charge in [-0.2, -0.15) is 4.31 Å². The van der Waals surface area contributed by atoms with E-state index in [4.69, 9.17) is 0 Å². The van der Waals surface area contributed by atoms with E-state index in [2.05, 4.69) is 4.90 Å². The van der Waals surface area contributed by atoms with Crippen molar-refractivity contribution in [2.45, 2.75) is 23.8 Å². The number of aryl methyl sites for hydroxylation is 1. The van der Waals surface area contributed by atoms with Crippen molar-refractivity contribution < 1.29 is 8.42 Å². The molecule has 1 aliphatic carbocycles. The van der Waals surface area contributed by atoms with Crippen molar-refractivity contribution in [1.29, 1.82) is 0 Å². The van der Waals surface area contributed by atoms with Crippen LogP contribution in [0.5, 0.6) is 0 Å². The number of nitrogens with zero attached hydrogens (tertiary/aromatic N) is 4. The summed E-state index contributed by atoms with van der Waals surface area (Å²) in [5, 5.41) is 0. The largest absolute Gasteiger partial charge is 0.330 e. The number of likely N-dealkylation sites (N-methyl/N-ethyl adjacent to an activating group) is 1. The first-order valence-electron chi connectivity index (χ1n) is 8.08. The lowest BCUT2D eigenvalue weighted by Crippen LogP contribution is -2.42. The summed E-state index contributed by atoms with van der Waals surface area (Å²) in [6, 6.07) is 0.156. The van der Waals surface area contributed by atoms with E-state index in [1.165, 1.54) is 18.4 Å². The standard InChI is InChI=1S/C15H24N4O4S/c1-16(2)12-8-19(7-11(12)10-5-6-10)24(22,23)13-9-17(3)15(21)18(4)14(13)20/h9-12H,5-8H2,1-4H3/t11-,12+/m1/s1. The monoisotopic (exact) mass is 356 g/mol. The highest BCUT2D eigenvalue weighted by Crippen LogP contribution is 2.43. The third-order valence-electron chi connectivity index (χ3n) is 5.22. The smallest absolute Gasteiger partial charge is 0.305 e. The van der Waals surface area contributed by atoms with Gasteiger partial charge in [-0.1, -0.05) is 0 Å². The molecule has 2 fully saturated rings. The topological polar surface area (TPSA) is 84.6 Å². The fraction of sp³-hybridized carbons (Fsp3) is 0.733. The highest BCUT2D eigenvalue weighted by molar-refractivity contribution is 7.89. The van der Waals surface area contributed by atoms with Crippen molar-refractivity contribution in [2.24, 2.45) is 25.9 Å². The van der Waals surface area contributed by atoms with Gasteiger partial charge in [-0.05, 0) is 38.8 Å². The first kappa shape index (κ1) is 17.4. The molecular formula is C15H24N4O4S. The number of hydrogen-bond donors (Lipinski definition) is 0. The maximum Gasteiger partial charge on any atom is 0.330 e. The van der Waals surface area contributed by atoms with Gasteiger partial charge in [-0.3, -0.25) is 9.36 Å². The Hall–Kier alpha value is -1.45. The predicted octanol–water partition coefficient (Wildman–Crippen LogP) is -0.955. The molecule has 3 rings (SSSR count). The molecule has 0 N–H and O–H groups in total. The van der Waals surface area contributed by atoms with Gasteiger partial charge in [0.25, 0.3) is 5.56 Å². The van der Waals surface area contributed by atoms with Gasteiger partial charge in [-0.15, -0.1) is 0 Å². The van der Waals surface area contributed by atoms with Gasteiger partial charge < -0.3 is 9.47 Å². The minimum absolute atomic E-state index is 0.156. The van der Waals surface area contributed by atoms with Gasteiger partial charge in [0, 0.05) is 39.4 Å². The molecule has 8 nitrogen and oxygen atoms in total. The first-order chi connectivity index (χ1) is 11.1. The predicted molar refractivity (Wildman–Crippen MR) is 89.4 cm³/mol. The van der Waals surface area contributed by atoms with Crippen molar-refractivity contribution in [3.8, 4) is 0 Å². The zero-order valence-electron chi connectivity index (χ0n) is 14.5. The average Bonchev–Trinajstić information content (AvgIpc) is 3.26. The van der Waals surface area contributed by atoms with Crippen LogP contribution in [0.1, 0.15) is 12.8 Å². The normalized spacial score (nSPS) is 25.5. The Labute approximate surface area is 141 Å². The molecule has 0 radical (unpaired) electrons. The molecule has 1 aliphatic heterocycles. The summed E-state index contributed by atoms with van der Waals surface area (Å²) in [6.07, 6.45) is 3.42. The molecule has 0 spiro atoms. The van der Waals surface area contributed by atoms with Crippen LogP contribution in [0.15, 0.2) is 20.7 Å². The minimum atomic E-state index is -3.92. The maximum atomic E-state index is 13.0. The van der Waals surface area contributed by atoms with Crippen molar-refractivity contribution in [3.05, 3.63) is 27.0 Å². The molecule has 2 atom stereocenters. The highest BCUT2D eigenvalue weighted by Gasteiger charge is 2.47. The molecule has 0 amide bonds. The summed E-state index contributed by atoms with van der Waals surface area (Å²) in [6.45, 7) is 0.810. The first-order valence-corrected chi connectivity index (χ1v) is 9.52. The number of hydrogen-bond acceptors (Lipinski definition) is 5. The summed E-state index contributed by atoms with van der Waals surface area (Å²) in [7, 11) is 2.74. The van der Waals surface area contributed by atoms with Crippen LogP contribution in [-0.4, -0.2) is 60.0 Å². The maximum absolute atomic E-state index is 13.0. The number of rotatable bonds is 4.